The number of hydrogen-bond acceptors (Lipinski definition) is 2. The van der Waals surface area contributed by atoms with E-state index >= 15 is 0 Å². The maximum Gasteiger partial charge on any atom is 0.129 e. The number of ketones is 1. The van der Waals surface area contributed by atoms with E-state index in [0.29, 0.717) is 11.2 Å². The lowest BCUT2D eigenvalue weighted by Crippen LogP contribution is -2.11. The van der Waals surface area contributed by atoms with Crippen LogP contribution in [0.4, 0.5) is 0 Å². The first-order valence-electron chi connectivity index (χ1n) is 4.93. The van der Waals surface area contributed by atoms with E-state index in [1.165, 1.54) is 25.9 Å². The van der Waals surface area contributed by atoms with Crippen molar-refractivity contribution in [2.24, 2.45) is 11.3 Å². The fourth-order valence-corrected chi connectivity index (χ4v) is 2.50. The maximum atomic E-state index is 10.8. The third-order valence-electron chi connectivity index (χ3n) is 3.48. The van der Waals surface area contributed by atoms with Crippen LogP contribution in [0.25, 0.3) is 0 Å². The van der Waals surface area contributed by atoms with E-state index < -0.39 is 0 Å². The lowest BCUT2D eigenvalue weighted by molar-refractivity contribution is -0.117. The van der Waals surface area contributed by atoms with E-state index in [9.17, 15) is 4.79 Å². The van der Waals surface area contributed by atoms with Crippen molar-refractivity contribution in [1.82, 2.24) is 5.32 Å². The summed E-state index contributed by atoms with van der Waals surface area (Å²) in [6.45, 7) is 4.09. The molecule has 0 aromatic rings. The average molecular weight is 167 g/mol. The van der Waals surface area contributed by atoms with Crippen molar-refractivity contribution in [3.63, 3.8) is 0 Å². The monoisotopic (exact) mass is 167 g/mol. The highest BCUT2D eigenvalue weighted by Gasteiger charge is 2.54. The van der Waals surface area contributed by atoms with Crippen LogP contribution in [0.15, 0.2) is 0 Å². The lowest BCUT2D eigenvalue weighted by atomic mass is 10.00. The summed E-state index contributed by atoms with van der Waals surface area (Å²) in [5.74, 6) is 1.21. The number of hydrogen-bond donors (Lipinski definition) is 1. The molecular formula is C10H17NO. The minimum atomic E-state index is 0.350. The Hall–Kier alpha value is -0.370. The van der Waals surface area contributed by atoms with Crippen molar-refractivity contribution in [3.8, 4) is 0 Å². The van der Waals surface area contributed by atoms with Crippen molar-refractivity contribution < 1.29 is 4.79 Å². The second-order valence-electron chi connectivity index (χ2n) is 4.43. The van der Waals surface area contributed by atoms with Gasteiger partial charge in [-0.05, 0) is 44.1 Å². The van der Waals surface area contributed by atoms with Crippen molar-refractivity contribution in [3.05, 3.63) is 0 Å². The summed E-state index contributed by atoms with van der Waals surface area (Å²) in [5, 5.41) is 3.41. The molecule has 12 heavy (non-hydrogen) atoms. The molecule has 1 N–H and O–H groups in total. The van der Waals surface area contributed by atoms with Gasteiger partial charge in [0.1, 0.15) is 5.78 Å². The maximum absolute atomic E-state index is 10.8. The minimum Gasteiger partial charge on any atom is -0.316 e. The van der Waals surface area contributed by atoms with Crippen LogP contribution >= 0.6 is 0 Å². The summed E-state index contributed by atoms with van der Waals surface area (Å²) in [5.41, 5.74) is 0.634. The molecule has 0 bridgehead atoms. The Labute approximate surface area is 73.7 Å². The summed E-state index contributed by atoms with van der Waals surface area (Å²) in [4.78, 5) is 10.8. The Morgan fingerprint density at radius 2 is 2.50 bits per heavy atom. The smallest absolute Gasteiger partial charge is 0.129 e. The van der Waals surface area contributed by atoms with Crippen LogP contribution in [0, 0.1) is 11.3 Å². The van der Waals surface area contributed by atoms with Crippen molar-refractivity contribution in [2.45, 2.75) is 32.6 Å². The standard InChI is InChI=1S/C10H17NO/c1-8(12)2-3-9-6-10(9)4-5-11-7-10/h9,11H,2-7H2,1H3. The van der Waals surface area contributed by atoms with Gasteiger partial charge >= 0.3 is 0 Å². The number of rotatable bonds is 3. The summed E-state index contributed by atoms with van der Waals surface area (Å²) in [7, 11) is 0. The number of carbonyl (C=O) groups is 1. The van der Waals surface area contributed by atoms with E-state index in [1.807, 2.05) is 0 Å². The van der Waals surface area contributed by atoms with Gasteiger partial charge in [0.05, 0.1) is 0 Å². The van der Waals surface area contributed by atoms with Crippen LogP contribution in [0.5, 0.6) is 0 Å². The van der Waals surface area contributed by atoms with E-state index in [1.54, 1.807) is 6.92 Å². The highest BCUT2D eigenvalue weighted by molar-refractivity contribution is 5.75. The molecular weight excluding hydrogens is 150 g/mol. The summed E-state index contributed by atoms with van der Waals surface area (Å²) >= 11 is 0. The Morgan fingerprint density at radius 1 is 1.67 bits per heavy atom. The predicted molar refractivity (Wildman–Crippen MR) is 47.9 cm³/mol. The largest absolute Gasteiger partial charge is 0.316 e. The fraction of sp³-hybridized carbons (Fsp3) is 0.900. The first kappa shape index (κ1) is 8.24. The second kappa shape index (κ2) is 2.84. The highest BCUT2D eigenvalue weighted by atomic mass is 16.1. The molecule has 2 atom stereocenters. The van der Waals surface area contributed by atoms with Gasteiger partial charge in [-0.2, -0.15) is 0 Å². The molecule has 68 valence electrons. The van der Waals surface area contributed by atoms with E-state index in [0.717, 1.165) is 18.8 Å². The molecule has 0 radical (unpaired) electrons. The third-order valence-corrected chi connectivity index (χ3v) is 3.48. The van der Waals surface area contributed by atoms with Crippen LogP contribution in [0.2, 0.25) is 0 Å². The SMILES string of the molecule is CC(=O)CCC1CC12CCNC2. The van der Waals surface area contributed by atoms with Crippen LogP contribution in [-0.2, 0) is 4.79 Å². The van der Waals surface area contributed by atoms with Gasteiger partial charge in [0.15, 0.2) is 0 Å². The van der Waals surface area contributed by atoms with Gasteiger partial charge in [0, 0.05) is 13.0 Å². The van der Waals surface area contributed by atoms with Gasteiger partial charge < -0.3 is 10.1 Å². The molecule has 0 amide bonds. The quantitative estimate of drug-likeness (QED) is 0.687. The van der Waals surface area contributed by atoms with Crippen molar-refractivity contribution in [2.75, 3.05) is 13.1 Å². The van der Waals surface area contributed by atoms with Gasteiger partial charge in [0.25, 0.3) is 0 Å². The van der Waals surface area contributed by atoms with Gasteiger partial charge in [0.2, 0.25) is 0 Å². The van der Waals surface area contributed by atoms with Gasteiger partial charge in [-0.25, -0.2) is 0 Å². The van der Waals surface area contributed by atoms with E-state index in [2.05, 4.69) is 5.32 Å². The topological polar surface area (TPSA) is 29.1 Å². The van der Waals surface area contributed by atoms with Crippen LogP contribution < -0.4 is 5.32 Å². The first-order chi connectivity index (χ1) is 5.73. The van der Waals surface area contributed by atoms with E-state index in [4.69, 9.17) is 0 Å². The average Bonchev–Trinajstić information content (AvgIpc) is 2.42. The fourth-order valence-electron chi connectivity index (χ4n) is 2.50. The molecule has 1 aliphatic heterocycles. The number of carbonyl (C=O) groups excluding carboxylic acids is 1. The Bertz CT molecular complexity index is 194. The third kappa shape index (κ3) is 1.40. The molecule has 2 heteroatoms. The van der Waals surface area contributed by atoms with Crippen LogP contribution in [-0.4, -0.2) is 18.9 Å². The molecule has 0 aromatic carbocycles. The summed E-state index contributed by atoms with van der Waals surface area (Å²) in [6.07, 6.45) is 4.65. The highest BCUT2D eigenvalue weighted by Crippen LogP contribution is 2.58. The van der Waals surface area contributed by atoms with Gasteiger partial charge in [-0.3, -0.25) is 0 Å². The van der Waals surface area contributed by atoms with Crippen molar-refractivity contribution >= 4 is 5.78 Å². The molecule has 1 saturated heterocycles. The molecule has 1 aliphatic carbocycles. The Balaban J connectivity index is 1.76. The zero-order valence-electron chi connectivity index (χ0n) is 7.73. The van der Waals surface area contributed by atoms with Crippen molar-refractivity contribution in [1.29, 1.82) is 0 Å². The molecule has 1 saturated carbocycles. The Morgan fingerprint density at radius 3 is 3.08 bits per heavy atom. The van der Waals surface area contributed by atoms with Crippen LogP contribution in [0.3, 0.4) is 0 Å². The number of Topliss-reactive ketones (excluding diaryl/α,β-unsaturated/α-hetero) is 1. The normalized spacial score (nSPS) is 38.9. The summed E-state index contributed by atoms with van der Waals surface area (Å²) < 4.78 is 0. The minimum absolute atomic E-state index is 0.350. The molecule has 0 aromatic heterocycles. The zero-order valence-corrected chi connectivity index (χ0v) is 7.73. The first-order valence-corrected chi connectivity index (χ1v) is 4.93. The van der Waals surface area contributed by atoms with Gasteiger partial charge in [-0.15, -0.1) is 0 Å². The van der Waals surface area contributed by atoms with Crippen LogP contribution in [0.1, 0.15) is 32.6 Å². The Kier molecular flexibility index (Phi) is 1.95. The predicted octanol–water partition coefficient (Wildman–Crippen LogP) is 1.36. The molecule has 2 aliphatic rings. The lowest BCUT2D eigenvalue weighted by Gasteiger charge is -2.05. The molecule has 1 heterocycles. The molecule has 2 rings (SSSR count). The molecule has 2 unspecified atom stereocenters. The van der Waals surface area contributed by atoms with Gasteiger partial charge in [-0.1, -0.05) is 0 Å². The second-order valence-corrected chi connectivity index (χ2v) is 4.43. The summed E-state index contributed by atoms with van der Waals surface area (Å²) in [6, 6.07) is 0. The molecule has 2 nitrogen and oxygen atoms in total. The zero-order chi connectivity index (χ0) is 8.60. The molecule has 2 fully saturated rings. The molecule has 1 spiro atoms. The van der Waals surface area contributed by atoms with E-state index in [-0.39, 0.29) is 0 Å². The number of nitrogens with one attached hydrogen (secondary N) is 1.